The minimum Gasteiger partial charge on any atom is -0.497 e. The van der Waals surface area contributed by atoms with E-state index >= 15 is 0 Å². The Bertz CT molecular complexity index is 1000. The van der Waals surface area contributed by atoms with Gasteiger partial charge in [0.1, 0.15) is 5.75 Å². The second kappa shape index (κ2) is 9.53. The molecule has 156 valence electrons. The zero-order chi connectivity index (χ0) is 21.6. The largest absolute Gasteiger partial charge is 0.497 e. The molecule has 0 unspecified atom stereocenters. The highest BCUT2D eigenvalue weighted by molar-refractivity contribution is 7.89. The highest BCUT2D eigenvalue weighted by atomic mass is 32.2. The number of nitrogens with one attached hydrogen (secondary N) is 1. The zero-order valence-electron chi connectivity index (χ0n) is 16.8. The van der Waals surface area contributed by atoms with Crippen LogP contribution in [0, 0.1) is 6.92 Å². The highest BCUT2D eigenvalue weighted by Gasteiger charge is 2.27. The Morgan fingerprint density at radius 1 is 1.10 bits per heavy atom. The summed E-state index contributed by atoms with van der Waals surface area (Å²) in [5.74, 6) is -0.460. The Hall–Kier alpha value is -2.91. The van der Waals surface area contributed by atoms with E-state index in [1.165, 1.54) is 32.4 Å². The van der Waals surface area contributed by atoms with Gasteiger partial charge < -0.3 is 14.8 Å². The number of benzene rings is 2. The molecule has 9 heteroatoms. The first-order valence-corrected chi connectivity index (χ1v) is 10.3. The number of carbonyl (C=O) groups is 2. The smallest absolute Gasteiger partial charge is 0.337 e. The molecule has 0 saturated carbocycles. The van der Waals surface area contributed by atoms with Crippen molar-refractivity contribution in [1.29, 1.82) is 0 Å². The summed E-state index contributed by atoms with van der Waals surface area (Å²) in [6.45, 7) is 2.98. The zero-order valence-corrected chi connectivity index (χ0v) is 17.6. The first-order valence-electron chi connectivity index (χ1n) is 8.86. The van der Waals surface area contributed by atoms with Gasteiger partial charge in [-0.1, -0.05) is 13.0 Å². The summed E-state index contributed by atoms with van der Waals surface area (Å²) in [7, 11) is -1.17. The van der Waals surface area contributed by atoms with E-state index in [4.69, 9.17) is 4.74 Å². The van der Waals surface area contributed by atoms with E-state index in [0.717, 1.165) is 4.31 Å². The van der Waals surface area contributed by atoms with Gasteiger partial charge in [0.2, 0.25) is 15.9 Å². The third-order valence-corrected chi connectivity index (χ3v) is 6.32. The maximum absolute atomic E-state index is 13.0. The van der Waals surface area contributed by atoms with Gasteiger partial charge in [-0.25, -0.2) is 13.2 Å². The van der Waals surface area contributed by atoms with Crippen molar-refractivity contribution < 1.29 is 27.5 Å². The van der Waals surface area contributed by atoms with Crippen LogP contribution in [-0.2, 0) is 19.6 Å². The Morgan fingerprint density at radius 2 is 1.83 bits per heavy atom. The molecular weight excluding hydrogens is 396 g/mol. The molecule has 0 atom stereocenters. The summed E-state index contributed by atoms with van der Waals surface area (Å²) in [6.07, 6.45) is 0. The number of likely N-dealkylation sites (N-methyl/N-ethyl adjacent to an activating group) is 1. The molecule has 2 aromatic carbocycles. The maximum atomic E-state index is 13.0. The van der Waals surface area contributed by atoms with Crippen LogP contribution in [0.15, 0.2) is 47.4 Å². The van der Waals surface area contributed by atoms with Gasteiger partial charge >= 0.3 is 5.97 Å². The quantitative estimate of drug-likeness (QED) is 0.658. The van der Waals surface area contributed by atoms with E-state index in [2.05, 4.69) is 10.1 Å². The van der Waals surface area contributed by atoms with E-state index in [1.54, 1.807) is 38.1 Å². The van der Waals surface area contributed by atoms with Crippen molar-refractivity contribution in [1.82, 2.24) is 4.31 Å². The van der Waals surface area contributed by atoms with Gasteiger partial charge in [-0.05, 0) is 42.8 Å². The predicted octanol–water partition coefficient (Wildman–Crippen LogP) is 2.44. The first-order chi connectivity index (χ1) is 13.7. The third-order valence-electron chi connectivity index (χ3n) is 4.24. The molecule has 0 aliphatic rings. The molecule has 1 N–H and O–H groups in total. The van der Waals surface area contributed by atoms with Crippen LogP contribution in [0.25, 0.3) is 0 Å². The third kappa shape index (κ3) is 5.33. The number of methoxy groups -OCH3 is 2. The lowest BCUT2D eigenvalue weighted by Crippen LogP contribution is -2.38. The SMILES string of the molecule is CCN(CC(=O)Nc1cccc(OC)c1)S(=O)(=O)c1ccc(C(=O)OC)cc1C. The van der Waals surface area contributed by atoms with Crippen molar-refractivity contribution in [2.75, 3.05) is 32.6 Å². The van der Waals surface area contributed by atoms with Crippen molar-refractivity contribution >= 4 is 27.6 Å². The molecule has 29 heavy (non-hydrogen) atoms. The van der Waals surface area contributed by atoms with Crippen LogP contribution >= 0.6 is 0 Å². The lowest BCUT2D eigenvalue weighted by atomic mass is 10.1. The number of carbonyl (C=O) groups excluding carboxylic acids is 2. The van der Waals surface area contributed by atoms with Crippen LogP contribution in [0.4, 0.5) is 5.69 Å². The maximum Gasteiger partial charge on any atom is 0.337 e. The Balaban J connectivity index is 2.21. The first kappa shape index (κ1) is 22.4. The molecule has 0 aliphatic carbocycles. The van der Waals surface area contributed by atoms with E-state index in [1.807, 2.05) is 0 Å². The molecule has 0 fully saturated rings. The van der Waals surface area contributed by atoms with Gasteiger partial charge in [0.15, 0.2) is 0 Å². The van der Waals surface area contributed by atoms with Gasteiger partial charge in [0.05, 0.1) is 31.2 Å². The fraction of sp³-hybridized carbons (Fsp3) is 0.300. The molecule has 0 aliphatic heterocycles. The molecule has 0 bridgehead atoms. The Labute approximate surface area is 170 Å². The number of esters is 1. The number of amides is 1. The molecule has 0 spiro atoms. The summed E-state index contributed by atoms with van der Waals surface area (Å²) >= 11 is 0. The summed E-state index contributed by atoms with van der Waals surface area (Å²) in [6, 6.07) is 11.0. The lowest BCUT2D eigenvalue weighted by molar-refractivity contribution is -0.116. The van der Waals surface area contributed by atoms with Gasteiger partial charge in [0.25, 0.3) is 0 Å². The molecule has 1 amide bonds. The molecule has 0 radical (unpaired) electrons. The van der Waals surface area contributed by atoms with Gasteiger partial charge in [-0.3, -0.25) is 4.79 Å². The highest BCUT2D eigenvalue weighted by Crippen LogP contribution is 2.22. The number of sulfonamides is 1. The van der Waals surface area contributed by atoms with Crippen molar-refractivity contribution in [2.24, 2.45) is 0 Å². The van der Waals surface area contributed by atoms with Crippen molar-refractivity contribution in [2.45, 2.75) is 18.7 Å². The fourth-order valence-corrected chi connectivity index (χ4v) is 4.36. The van der Waals surface area contributed by atoms with E-state index in [-0.39, 0.29) is 23.5 Å². The van der Waals surface area contributed by atoms with Gasteiger partial charge in [0, 0.05) is 18.3 Å². The van der Waals surface area contributed by atoms with Crippen LogP contribution in [0.2, 0.25) is 0 Å². The summed E-state index contributed by atoms with van der Waals surface area (Å²) in [5, 5.41) is 2.67. The molecule has 0 saturated heterocycles. The standard InChI is InChI=1S/C20H24N2O6S/c1-5-22(13-19(23)21-16-7-6-8-17(12-16)27-3)29(25,26)18-10-9-15(11-14(18)2)20(24)28-4/h6-12H,5,13H2,1-4H3,(H,21,23). The normalized spacial score (nSPS) is 11.2. The number of hydrogen-bond acceptors (Lipinski definition) is 6. The van der Waals surface area contributed by atoms with E-state index in [0.29, 0.717) is 17.0 Å². The summed E-state index contributed by atoms with van der Waals surface area (Å²) < 4.78 is 36.9. The molecule has 0 aromatic heterocycles. The molecule has 2 rings (SSSR count). The second-order valence-electron chi connectivity index (χ2n) is 6.18. The van der Waals surface area contributed by atoms with Crippen LogP contribution in [0.5, 0.6) is 5.75 Å². The van der Waals surface area contributed by atoms with Crippen LogP contribution in [-0.4, -0.2) is 51.9 Å². The summed E-state index contributed by atoms with van der Waals surface area (Å²) in [4.78, 5) is 24.1. The van der Waals surface area contributed by atoms with Crippen molar-refractivity contribution in [3.63, 3.8) is 0 Å². The van der Waals surface area contributed by atoms with E-state index in [9.17, 15) is 18.0 Å². The minimum absolute atomic E-state index is 0.0289. The number of anilines is 1. The topological polar surface area (TPSA) is 102 Å². The van der Waals surface area contributed by atoms with Crippen LogP contribution in [0.1, 0.15) is 22.8 Å². The number of hydrogen-bond donors (Lipinski definition) is 1. The monoisotopic (exact) mass is 420 g/mol. The van der Waals surface area contributed by atoms with Gasteiger partial charge in [-0.2, -0.15) is 4.31 Å². The van der Waals surface area contributed by atoms with Crippen LogP contribution < -0.4 is 10.1 Å². The Morgan fingerprint density at radius 3 is 2.41 bits per heavy atom. The molecule has 0 heterocycles. The van der Waals surface area contributed by atoms with Crippen molar-refractivity contribution in [3.05, 3.63) is 53.6 Å². The van der Waals surface area contributed by atoms with Crippen molar-refractivity contribution in [3.8, 4) is 5.75 Å². The number of rotatable bonds is 8. The molecule has 2 aromatic rings. The molecule has 8 nitrogen and oxygen atoms in total. The predicted molar refractivity (Wildman–Crippen MR) is 109 cm³/mol. The van der Waals surface area contributed by atoms with Crippen LogP contribution in [0.3, 0.4) is 0 Å². The summed E-state index contributed by atoms with van der Waals surface area (Å²) in [5.41, 5.74) is 1.14. The second-order valence-corrected chi connectivity index (χ2v) is 8.09. The van der Waals surface area contributed by atoms with E-state index < -0.39 is 21.9 Å². The lowest BCUT2D eigenvalue weighted by Gasteiger charge is -2.21. The number of nitrogens with zero attached hydrogens (tertiary/aromatic N) is 1. The van der Waals surface area contributed by atoms with Gasteiger partial charge in [-0.15, -0.1) is 0 Å². The molecular formula is C20H24N2O6S. The Kier molecular flexibility index (Phi) is 7.35. The number of aryl methyl sites for hydroxylation is 1. The minimum atomic E-state index is -3.94. The number of ether oxygens (including phenoxy) is 2. The average Bonchev–Trinajstić information content (AvgIpc) is 2.70. The fourth-order valence-electron chi connectivity index (χ4n) is 2.75. The average molecular weight is 420 g/mol.